The van der Waals surface area contributed by atoms with Gasteiger partial charge in [-0.25, -0.2) is 14.4 Å². The molecular weight excluding hydrogens is 403 g/mol. The van der Waals surface area contributed by atoms with Gasteiger partial charge in [-0.1, -0.05) is 12.1 Å². The second kappa shape index (κ2) is 7.87. The van der Waals surface area contributed by atoms with Crippen LogP contribution in [0.4, 0.5) is 4.39 Å². The van der Waals surface area contributed by atoms with Crippen LogP contribution in [0.2, 0.25) is 0 Å². The van der Waals surface area contributed by atoms with Crippen LogP contribution >= 0.6 is 11.3 Å². The molecule has 0 spiro atoms. The SMILES string of the molecule is O=C(c1cnc(-c2ccco2)s1)N1CCCCC1c1ncc(-c2cccc(F)c2)[nH]1. The number of aromatic nitrogens is 3. The predicted molar refractivity (Wildman–Crippen MR) is 111 cm³/mol. The Morgan fingerprint density at radius 1 is 1.20 bits per heavy atom. The first-order chi connectivity index (χ1) is 14.7. The van der Waals surface area contributed by atoms with E-state index in [1.807, 2.05) is 17.0 Å². The summed E-state index contributed by atoms with van der Waals surface area (Å²) in [6, 6.07) is 9.85. The summed E-state index contributed by atoms with van der Waals surface area (Å²) in [6.07, 6.45) is 7.69. The molecule has 5 rings (SSSR count). The van der Waals surface area contributed by atoms with Crippen molar-refractivity contribution in [1.29, 1.82) is 0 Å². The molecule has 1 aliphatic rings. The molecule has 1 atom stereocenters. The molecule has 1 aromatic carbocycles. The fraction of sp³-hybridized carbons (Fsp3) is 0.227. The van der Waals surface area contributed by atoms with Crippen LogP contribution in [0.25, 0.3) is 22.0 Å². The van der Waals surface area contributed by atoms with E-state index in [9.17, 15) is 9.18 Å². The fourth-order valence-electron chi connectivity index (χ4n) is 3.80. The summed E-state index contributed by atoms with van der Waals surface area (Å²) >= 11 is 1.32. The van der Waals surface area contributed by atoms with Gasteiger partial charge in [0.2, 0.25) is 0 Å². The monoisotopic (exact) mass is 422 g/mol. The van der Waals surface area contributed by atoms with Gasteiger partial charge in [0, 0.05) is 12.1 Å². The van der Waals surface area contributed by atoms with Gasteiger partial charge < -0.3 is 14.3 Å². The van der Waals surface area contributed by atoms with Gasteiger partial charge in [0.1, 0.15) is 16.5 Å². The number of rotatable bonds is 4. The molecule has 4 aromatic rings. The number of benzene rings is 1. The predicted octanol–water partition coefficient (Wildman–Crippen LogP) is 5.30. The number of carbonyl (C=O) groups is 1. The van der Waals surface area contributed by atoms with Crippen molar-refractivity contribution in [3.63, 3.8) is 0 Å². The molecule has 30 heavy (non-hydrogen) atoms. The second-order valence-corrected chi connectivity index (χ2v) is 8.24. The van der Waals surface area contributed by atoms with Crippen molar-refractivity contribution in [1.82, 2.24) is 19.9 Å². The van der Waals surface area contributed by atoms with E-state index in [4.69, 9.17) is 4.42 Å². The lowest BCUT2D eigenvalue weighted by Crippen LogP contribution is -2.38. The van der Waals surface area contributed by atoms with Gasteiger partial charge >= 0.3 is 0 Å². The van der Waals surface area contributed by atoms with Crippen LogP contribution in [0.5, 0.6) is 0 Å². The lowest BCUT2D eigenvalue weighted by molar-refractivity contribution is 0.0606. The van der Waals surface area contributed by atoms with Gasteiger partial charge in [-0.3, -0.25) is 4.79 Å². The first-order valence-electron chi connectivity index (χ1n) is 9.80. The van der Waals surface area contributed by atoms with Crippen LogP contribution in [0.1, 0.15) is 40.8 Å². The molecule has 6 nitrogen and oxygen atoms in total. The van der Waals surface area contributed by atoms with E-state index in [1.54, 1.807) is 30.8 Å². The van der Waals surface area contributed by atoms with E-state index in [-0.39, 0.29) is 17.8 Å². The summed E-state index contributed by atoms with van der Waals surface area (Å²) in [7, 11) is 0. The average Bonchev–Trinajstić information content (AvgIpc) is 3.54. The van der Waals surface area contributed by atoms with E-state index >= 15 is 0 Å². The van der Waals surface area contributed by atoms with Crippen molar-refractivity contribution in [3.8, 4) is 22.0 Å². The number of furan rings is 1. The third kappa shape index (κ3) is 3.54. The quantitative estimate of drug-likeness (QED) is 0.484. The number of hydrogen-bond acceptors (Lipinski definition) is 5. The normalized spacial score (nSPS) is 16.7. The molecule has 4 heterocycles. The van der Waals surface area contributed by atoms with Gasteiger partial charge in [-0.15, -0.1) is 11.3 Å². The Kier molecular flexibility index (Phi) is 4.92. The average molecular weight is 422 g/mol. The number of piperidine rings is 1. The summed E-state index contributed by atoms with van der Waals surface area (Å²) in [5.41, 5.74) is 1.47. The zero-order valence-electron chi connectivity index (χ0n) is 16.0. The first-order valence-corrected chi connectivity index (χ1v) is 10.6. The summed E-state index contributed by atoms with van der Waals surface area (Å²) in [5.74, 6) is 1.02. The molecule has 1 saturated heterocycles. The number of imidazole rings is 1. The highest BCUT2D eigenvalue weighted by molar-refractivity contribution is 7.16. The van der Waals surface area contributed by atoms with Gasteiger partial charge in [0.15, 0.2) is 10.8 Å². The van der Waals surface area contributed by atoms with Crippen molar-refractivity contribution >= 4 is 17.2 Å². The van der Waals surface area contributed by atoms with Crippen LogP contribution in [0.15, 0.2) is 59.5 Å². The van der Waals surface area contributed by atoms with Crippen LogP contribution in [-0.2, 0) is 0 Å². The molecular formula is C22H19FN4O2S. The van der Waals surface area contributed by atoms with E-state index in [1.165, 1.54) is 23.5 Å². The molecule has 1 unspecified atom stereocenters. The van der Waals surface area contributed by atoms with Crippen LogP contribution < -0.4 is 0 Å². The van der Waals surface area contributed by atoms with E-state index in [2.05, 4.69) is 15.0 Å². The third-order valence-corrected chi connectivity index (χ3v) is 6.26. The zero-order chi connectivity index (χ0) is 20.5. The van der Waals surface area contributed by atoms with Crippen molar-refractivity contribution in [3.05, 3.63) is 71.6 Å². The Bertz CT molecular complexity index is 1170. The first kappa shape index (κ1) is 18.7. The maximum absolute atomic E-state index is 13.6. The Morgan fingerprint density at radius 3 is 2.97 bits per heavy atom. The third-order valence-electron chi connectivity index (χ3n) is 5.26. The number of hydrogen-bond donors (Lipinski definition) is 1. The molecule has 0 aliphatic carbocycles. The van der Waals surface area contributed by atoms with Gasteiger partial charge in [0.05, 0.1) is 30.4 Å². The highest BCUT2D eigenvalue weighted by Gasteiger charge is 2.32. The van der Waals surface area contributed by atoms with Gasteiger partial charge in [0.25, 0.3) is 5.91 Å². The number of nitrogens with zero attached hydrogens (tertiary/aromatic N) is 3. The Morgan fingerprint density at radius 2 is 2.13 bits per heavy atom. The number of nitrogens with one attached hydrogen (secondary N) is 1. The minimum atomic E-state index is -0.296. The van der Waals surface area contributed by atoms with E-state index in [0.29, 0.717) is 22.2 Å². The maximum Gasteiger partial charge on any atom is 0.266 e. The molecule has 0 radical (unpaired) electrons. The Labute approximate surface area is 176 Å². The lowest BCUT2D eigenvalue weighted by atomic mass is 10.0. The molecule has 1 fully saturated rings. The summed E-state index contributed by atoms with van der Waals surface area (Å²) in [6.45, 7) is 0.660. The molecule has 1 N–H and O–H groups in total. The maximum atomic E-state index is 13.6. The summed E-state index contributed by atoms with van der Waals surface area (Å²) in [5, 5.41) is 0.684. The molecule has 0 saturated carbocycles. The van der Waals surface area contributed by atoms with Crippen molar-refractivity contribution in [2.24, 2.45) is 0 Å². The number of carbonyl (C=O) groups excluding carboxylic acids is 1. The highest BCUT2D eigenvalue weighted by atomic mass is 32.1. The van der Waals surface area contributed by atoms with Gasteiger partial charge in [-0.2, -0.15) is 0 Å². The standard InChI is InChI=1S/C22H19FN4O2S/c23-15-6-3-5-14(11-15)16-12-24-20(26-16)17-7-1-2-9-27(17)22(28)19-13-25-21(30-19)18-8-4-10-29-18/h3-6,8,10-13,17H,1-2,7,9H2,(H,24,26). The molecule has 152 valence electrons. The fourth-order valence-corrected chi connectivity index (χ4v) is 4.64. The van der Waals surface area contributed by atoms with Gasteiger partial charge in [-0.05, 0) is 43.5 Å². The van der Waals surface area contributed by atoms with Crippen molar-refractivity contribution in [2.45, 2.75) is 25.3 Å². The molecule has 0 bridgehead atoms. The van der Waals surface area contributed by atoms with Crippen molar-refractivity contribution < 1.29 is 13.6 Å². The van der Waals surface area contributed by atoms with E-state index < -0.39 is 0 Å². The van der Waals surface area contributed by atoms with Crippen molar-refractivity contribution in [2.75, 3.05) is 6.54 Å². The van der Waals surface area contributed by atoms with E-state index in [0.717, 1.165) is 36.3 Å². The number of aromatic amines is 1. The minimum absolute atomic E-state index is 0.0567. The lowest BCUT2D eigenvalue weighted by Gasteiger charge is -2.34. The Hall–Kier alpha value is -3.26. The topological polar surface area (TPSA) is 75.0 Å². The smallest absolute Gasteiger partial charge is 0.266 e. The second-order valence-electron chi connectivity index (χ2n) is 7.21. The number of halogens is 1. The molecule has 1 amide bonds. The molecule has 8 heteroatoms. The molecule has 3 aromatic heterocycles. The Balaban J connectivity index is 1.40. The number of thiazole rings is 1. The minimum Gasteiger partial charge on any atom is -0.462 e. The summed E-state index contributed by atoms with van der Waals surface area (Å²) in [4.78, 5) is 27.8. The highest BCUT2D eigenvalue weighted by Crippen LogP contribution is 2.34. The zero-order valence-corrected chi connectivity index (χ0v) is 16.9. The van der Waals surface area contributed by atoms with Crippen LogP contribution in [-0.4, -0.2) is 32.3 Å². The largest absolute Gasteiger partial charge is 0.462 e. The summed E-state index contributed by atoms with van der Waals surface area (Å²) < 4.78 is 19.0. The molecule has 1 aliphatic heterocycles. The van der Waals surface area contributed by atoms with Crippen LogP contribution in [0.3, 0.4) is 0 Å². The number of amides is 1. The number of H-pyrrole nitrogens is 1. The number of likely N-dealkylation sites (tertiary alicyclic amines) is 1. The van der Waals surface area contributed by atoms with Crippen LogP contribution in [0, 0.1) is 5.82 Å².